The van der Waals surface area contributed by atoms with Crippen molar-refractivity contribution in [2.75, 3.05) is 5.32 Å². The van der Waals surface area contributed by atoms with Crippen LogP contribution in [0.25, 0.3) is 5.57 Å². The van der Waals surface area contributed by atoms with Crippen LogP contribution in [-0.2, 0) is 11.3 Å². The molecular formula is C20H24N4O2. The highest BCUT2D eigenvalue weighted by Gasteiger charge is 2.14. The molecule has 0 bridgehead atoms. The molecule has 26 heavy (non-hydrogen) atoms. The van der Waals surface area contributed by atoms with Crippen LogP contribution in [0, 0.1) is 19.8 Å². The summed E-state index contributed by atoms with van der Waals surface area (Å²) in [6.07, 6.45) is 5.29. The van der Waals surface area contributed by atoms with Gasteiger partial charge in [0.1, 0.15) is 6.54 Å². The summed E-state index contributed by atoms with van der Waals surface area (Å²) in [5.41, 5.74) is 3.98. The van der Waals surface area contributed by atoms with Crippen LogP contribution in [0.3, 0.4) is 0 Å². The maximum Gasteiger partial charge on any atom is 0.267 e. The predicted molar refractivity (Wildman–Crippen MR) is 102 cm³/mol. The molecule has 136 valence electrons. The van der Waals surface area contributed by atoms with Gasteiger partial charge in [-0.25, -0.2) is 4.68 Å². The summed E-state index contributed by atoms with van der Waals surface area (Å²) >= 11 is 0. The summed E-state index contributed by atoms with van der Waals surface area (Å²) in [7, 11) is 0. The summed E-state index contributed by atoms with van der Waals surface area (Å²) in [5, 5.41) is 7.21. The second-order valence-corrected chi connectivity index (χ2v) is 7.01. The quantitative estimate of drug-likeness (QED) is 0.917. The van der Waals surface area contributed by atoms with Crippen LogP contribution in [0.4, 0.5) is 5.69 Å². The smallest absolute Gasteiger partial charge is 0.267 e. The Kier molecular flexibility index (Phi) is 5.30. The van der Waals surface area contributed by atoms with Crippen LogP contribution in [0.2, 0.25) is 0 Å². The summed E-state index contributed by atoms with van der Waals surface area (Å²) in [6, 6.07) is 6.82. The van der Waals surface area contributed by atoms with Gasteiger partial charge < -0.3 is 5.32 Å². The van der Waals surface area contributed by atoms with E-state index >= 15 is 0 Å². The Balaban J connectivity index is 1.75. The Bertz CT molecular complexity index is 894. The van der Waals surface area contributed by atoms with Gasteiger partial charge in [0.2, 0.25) is 5.91 Å². The second-order valence-electron chi connectivity index (χ2n) is 7.01. The molecule has 0 fully saturated rings. The Morgan fingerprint density at radius 2 is 2.00 bits per heavy atom. The summed E-state index contributed by atoms with van der Waals surface area (Å²) in [5.74, 6) is 0.399. The van der Waals surface area contributed by atoms with Gasteiger partial charge in [-0.05, 0) is 62.8 Å². The first-order valence-electron chi connectivity index (χ1n) is 8.93. The van der Waals surface area contributed by atoms with Gasteiger partial charge in [0, 0.05) is 23.1 Å². The molecule has 1 atom stereocenters. The van der Waals surface area contributed by atoms with E-state index in [1.165, 1.54) is 10.7 Å². The molecule has 3 rings (SSSR count). The number of amides is 1. The Hall–Kier alpha value is -2.76. The van der Waals surface area contributed by atoms with E-state index in [0.717, 1.165) is 41.9 Å². The predicted octanol–water partition coefficient (Wildman–Crippen LogP) is 3.10. The number of carbonyl (C=O) groups is 1. The first-order chi connectivity index (χ1) is 12.4. The first kappa shape index (κ1) is 18.0. The number of nitrogens with one attached hydrogen (secondary N) is 1. The van der Waals surface area contributed by atoms with Crippen molar-refractivity contribution in [2.24, 2.45) is 5.92 Å². The molecule has 1 amide bonds. The zero-order valence-corrected chi connectivity index (χ0v) is 15.5. The summed E-state index contributed by atoms with van der Waals surface area (Å²) < 4.78 is 1.23. The van der Waals surface area contributed by atoms with Crippen LogP contribution in [0.5, 0.6) is 0 Å². The number of nitrogens with zero attached hydrogens (tertiary/aromatic N) is 3. The minimum Gasteiger partial charge on any atom is -0.324 e. The SMILES string of the molecule is Cc1cc(NC(=O)Cn2nc(C3=CCC(C)CC3)ccc2=O)cc(C)n1. The topological polar surface area (TPSA) is 76.9 Å². The van der Waals surface area contributed by atoms with E-state index in [1.807, 2.05) is 13.8 Å². The van der Waals surface area contributed by atoms with Crippen molar-refractivity contribution >= 4 is 17.2 Å². The largest absolute Gasteiger partial charge is 0.324 e. The fourth-order valence-corrected chi connectivity index (χ4v) is 3.17. The molecule has 1 N–H and O–H groups in total. The van der Waals surface area contributed by atoms with Gasteiger partial charge in [-0.2, -0.15) is 5.10 Å². The van der Waals surface area contributed by atoms with E-state index in [4.69, 9.17) is 0 Å². The van der Waals surface area contributed by atoms with Gasteiger partial charge in [-0.3, -0.25) is 14.6 Å². The summed E-state index contributed by atoms with van der Waals surface area (Å²) in [6.45, 7) is 5.86. The lowest BCUT2D eigenvalue weighted by Gasteiger charge is -2.18. The lowest BCUT2D eigenvalue weighted by molar-refractivity contribution is -0.117. The van der Waals surface area contributed by atoms with Gasteiger partial charge in [0.15, 0.2) is 0 Å². The molecule has 0 radical (unpaired) electrons. The molecule has 2 aromatic heterocycles. The van der Waals surface area contributed by atoms with Crippen molar-refractivity contribution in [3.05, 3.63) is 57.8 Å². The molecule has 2 heterocycles. The third-order valence-corrected chi connectivity index (χ3v) is 4.53. The van der Waals surface area contributed by atoms with E-state index in [1.54, 1.807) is 18.2 Å². The average molecular weight is 352 g/mol. The maximum absolute atomic E-state index is 12.3. The van der Waals surface area contributed by atoms with Gasteiger partial charge >= 0.3 is 0 Å². The average Bonchev–Trinajstić information content (AvgIpc) is 2.56. The number of rotatable bonds is 4. The number of aromatic nitrogens is 3. The van der Waals surface area contributed by atoms with Gasteiger partial charge in [-0.1, -0.05) is 13.0 Å². The van der Waals surface area contributed by atoms with Gasteiger partial charge in [0.25, 0.3) is 5.56 Å². The zero-order chi connectivity index (χ0) is 18.7. The van der Waals surface area contributed by atoms with E-state index < -0.39 is 0 Å². The Morgan fingerprint density at radius 3 is 2.65 bits per heavy atom. The van der Waals surface area contributed by atoms with Crippen LogP contribution >= 0.6 is 0 Å². The fraction of sp³-hybridized carbons (Fsp3) is 0.400. The lowest BCUT2D eigenvalue weighted by atomic mass is 9.90. The van der Waals surface area contributed by atoms with Crippen molar-refractivity contribution in [2.45, 2.75) is 46.6 Å². The molecule has 0 saturated carbocycles. The molecule has 1 unspecified atom stereocenters. The monoisotopic (exact) mass is 352 g/mol. The third-order valence-electron chi connectivity index (χ3n) is 4.53. The van der Waals surface area contributed by atoms with Crippen molar-refractivity contribution in [1.29, 1.82) is 0 Å². The number of aryl methyl sites for hydroxylation is 2. The number of pyridine rings is 1. The van der Waals surface area contributed by atoms with E-state index in [9.17, 15) is 9.59 Å². The molecule has 2 aromatic rings. The molecule has 6 heteroatoms. The Morgan fingerprint density at radius 1 is 1.27 bits per heavy atom. The second kappa shape index (κ2) is 7.64. The molecule has 0 aliphatic heterocycles. The van der Waals surface area contributed by atoms with E-state index in [2.05, 4.69) is 28.4 Å². The first-order valence-corrected chi connectivity index (χ1v) is 8.93. The Labute approximate surface area is 153 Å². The maximum atomic E-state index is 12.3. The highest BCUT2D eigenvalue weighted by molar-refractivity contribution is 5.90. The number of carbonyl (C=O) groups excluding carboxylic acids is 1. The molecule has 6 nitrogen and oxygen atoms in total. The fourth-order valence-electron chi connectivity index (χ4n) is 3.17. The van der Waals surface area contributed by atoms with Crippen LogP contribution in [-0.4, -0.2) is 20.7 Å². The number of allylic oxidation sites excluding steroid dienone is 2. The minimum absolute atomic E-state index is 0.114. The van der Waals surface area contributed by atoms with Gasteiger partial charge in [0.05, 0.1) is 5.69 Å². The zero-order valence-electron chi connectivity index (χ0n) is 15.5. The summed E-state index contributed by atoms with van der Waals surface area (Å²) in [4.78, 5) is 28.7. The highest BCUT2D eigenvalue weighted by Crippen LogP contribution is 2.28. The standard InChI is InChI=1S/C20H24N4O2/c1-13-4-6-16(7-5-13)18-8-9-20(26)24(23-18)12-19(25)22-17-10-14(2)21-15(3)11-17/h6,8-11,13H,4-5,7,12H2,1-3H3,(H,21,22,25). The molecule has 0 aromatic carbocycles. The lowest BCUT2D eigenvalue weighted by Crippen LogP contribution is -2.29. The normalized spacial score (nSPS) is 16.9. The third kappa shape index (κ3) is 4.45. The van der Waals surface area contributed by atoms with Crippen molar-refractivity contribution < 1.29 is 4.79 Å². The van der Waals surface area contributed by atoms with Crippen molar-refractivity contribution in [3.63, 3.8) is 0 Å². The molecule has 0 saturated heterocycles. The number of anilines is 1. The van der Waals surface area contributed by atoms with Gasteiger partial charge in [-0.15, -0.1) is 0 Å². The molecule has 1 aliphatic rings. The van der Waals surface area contributed by atoms with Crippen LogP contribution < -0.4 is 10.9 Å². The molecular weight excluding hydrogens is 328 g/mol. The number of hydrogen-bond acceptors (Lipinski definition) is 4. The number of hydrogen-bond donors (Lipinski definition) is 1. The van der Waals surface area contributed by atoms with Crippen LogP contribution in [0.1, 0.15) is 43.3 Å². The van der Waals surface area contributed by atoms with E-state index in [-0.39, 0.29) is 18.0 Å². The van der Waals surface area contributed by atoms with Crippen LogP contribution in [0.15, 0.2) is 35.1 Å². The van der Waals surface area contributed by atoms with Crippen molar-refractivity contribution in [3.8, 4) is 0 Å². The molecule has 1 aliphatic carbocycles. The highest BCUT2D eigenvalue weighted by atomic mass is 16.2. The van der Waals surface area contributed by atoms with Crippen molar-refractivity contribution in [1.82, 2.24) is 14.8 Å². The van der Waals surface area contributed by atoms with E-state index in [0.29, 0.717) is 11.6 Å². The molecule has 0 spiro atoms. The minimum atomic E-state index is -0.284.